The van der Waals surface area contributed by atoms with E-state index in [0.29, 0.717) is 11.5 Å². The summed E-state index contributed by atoms with van der Waals surface area (Å²) >= 11 is 0. The van der Waals surface area contributed by atoms with Gasteiger partial charge in [0.15, 0.2) is 0 Å². The molecule has 1 saturated carbocycles. The summed E-state index contributed by atoms with van der Waals surface area (Å²) < 4.78 is 2.15. The fourth-order valence-electron chi connectivity index (χ4n) is 4.33. The molecule has 1 N–H and O–H groups in total. The van der Waals surface area contributed by atoms with Gasteiger partial charge < -0.3 is 5.32 Å². The van der Waals surface area contributed by atoms with Crippen LogP contribution in [0.15, 0.2) is 42.5 Å². The summed E-state index contributed by atoms with van der Waals surface area (Å²) in [6, 6.07) is 14.7. The van der Waals surface area contributed by atoms with Gasteiger partial charge in [-0.05, 0) is 68.0 Å². The maximum Gasteiger partial charge on any atom is 0.251 e. The molecular formula is C24H29N3O. The normalized spacial score (nSPS) is 19.7. The molecular weight excluding hydrogens is 346 g/mol. The predicted molar refractivity (Wildman–Crippen MR) is 114 cm³/mol. The summed E-state index contributed by atoms with van der Waals surface area (Å²) in [4.78, 5) is 17.5. The highest BCUT2D eigenvalue weighted by Gasteiger charge is 2.23. The van der Waals surface area contributed by atoms with Crippen molar-refractivity contribution in [2.45, 2.75) is 58.9 Å². The molecule has 1 aliphatic rings. The van der Waals surface area contributed by atoms with Crippen LogP contribution in [0.5, 0.6) is 0 Å². The molecule has 146 valence electrons. The van der Waals surface area contributed by atoms with Gasteiger partial charge in [-0.1, -0.05) is 38.8 Å². The van der Waals surface area contributed by atoms with Gasteiger partial charge in [-0.15, -0.1) is 0 Å². The van der Waals surface area contributed by atoms with Gasteiger partial charge in [-0.3, -0.25) is 9.36 Å². The lowest BCUT2D eigenvalue weighted by Crippen LogP contribution is -2.41. The number of aryl methyl sites for hydroxylation is 2. The molecule has 0 spiro atoms. The van der Waals surface area contributed by atoms with Gasteiger partial charge in [0.25, 0.3) is 5.91 Å². The fourth-order valence-corrected chi connectivity index (χ4v) is 4.33. The van der Waals surface area contributed by atoms with Crippen molar-refractivity contribution in [2.75, 3.05) is 0 Å². The number of amides is 1. The molecule has 1 aliphatic carbocycles. The minimum Gasteiger partial charge on any atom is -0.349 e. The summed E-state index contributed by atoms with van der Waals surface area (Å²) in [6.45, 7) is 6.41. The highest BCUT2D eigenvalue weighted by atomic mass is 16.1. The summed E-state index contributed by atoms with van der Waals surface area (Å²) in [5, 5.41) is 3.24. The summed E-state index contributed by atoms with van der Waals surface area (Å²) in [6.07, 6.45) is 5.78. The van der Waals surface area contributed by atoms with Crippen LogP contribution in [0.3, 0.4) is 0 Å². The molecule has 3 aromatic rings. The van der Waals surface area contributed by atoms with Crippen LogP contribution in [0, 0.1) is 12.8 Å². The minimum atomic E-state index is 0.0140. The first-order valence-corrected chi connectivity index (χ1v) is 10.5. The molecule has 1 heterocycles. The van der Waals surface area contributed by atoms with Crippen LogP contribution in [-0.4, -0.2) is 21.5 Å². The van der Waals surface area contributed by atoms with E-state index in [1.165, 1.54) is 24.8 Å². The Hall–Kier alpha value is -2.62. The standard InChI is InChI=1S/C24H29N3O/c1-4-18-9-12-20(13-10-18)27-17(3)25-22-15-19(11-14-23(22)27)24(28)26-21-8-6-5-7-16(21)2/h9-16,21H,4-8H2,1-3H3,(H,26,28). The molecule has 0 radical (unpaired) electrons. The smallest absolute Gasteiger partial charge is 0.251 e. The maximum absolute atomic E-state index is 12.8. The molecule has 1 amide bonds. The third kappa shape index (κ3) is 3.56. The first-order valence-electron chi connectivity index (χ1n) is 10.5. The Bertz CT molecular complexity index is 987. The first-order chi connectivity index (χ1) is 13.6. The number of rotatable bonds is 4. The zero-order valence-corrected chi connectivity index (χ0v) is 17.0. The second kappa shape index (κ2) is 7.78. The number of carbonyl (C=O) groups excluding carboxylic acids is 1. The van der Waals surface area contributed by atoms with Gasteiger partial charge >= 0.3 is 0 Å². The number of hydrogen-bond acceptors (Lipinski definition) is 2. The monoisotopic (exact) mass is 375 g/mol. The zero-order valence-electron chi connectivity index (χ0n) is 17.0. The van der Waals surface area contributed by atoms with Crippen molar-refractivity contribution in [3.63, 3.8) is 0 Å². The molecule has 4 heteroatoms. The number of nitrogens with zero attached hydrogens (tertiary/aromatic N) is 2. The lowest BCUT2D eigenvalue weighted by atomic mass is 9.86. The maximum atomic E-state index is 12.8. The van der Waals surface area contributed by atoms with Crippen molar-refractivity contribution >= 4 is 16.9 Å². The van der Waals surface area contributed by atoms with E-state index >= 15 is 0 Å². The number of carbonyl (C=O) groups is 1. The fraction of sp³-hybridized carbons (Fsp3) is 0.417. The quantitative estimate of drug-likeness (QED) is 0.681. The highest BCUT2D eigenvalue weighted by Crippen LogP contribution is 2.25. The van der Waals surface area contributed by atoms with Crippen LogP contribution >= 0.6 is 0 Å². The second-order valence-electron chi connectivity index (χ2n) is 8.06. The van der Waals surface area contributed by atoms with E-state index in [9.17, 15) is 4.79 Å². The van der Waals surface area contributed by atoms with Gasteiger partial charge in [0.1, 0.15) is 5.82 Å². The van der Waals surface area contributed by atoms with E-state index in [-0.39, 0.29) is 11.9 Å². The second-order valence-corrected chi connectivity index (χ2v) is 8.06. The lowest BCUT2D eigenvalue weighted by molar-refractivity contribution is 0.0910. The van der Waals surface area contributed by atoms with E-state index in [4.69, 9.17) is 4.98 Å². The lowest BCUT2D eigenvalue weighted by Gasteiger charge is -2.29. The minimum absolute atomic E-state index is 0.0140. The van der Waals surface area contributed by atoms with Gasteiger partial charge in [-0.2, -0.15) is 0 Å². The summed E-state index contributed by atoms with van der Waals surface area (Å²) in [7, 11) is 0. The molecule has 2 unspecified atom stereocenters. The molecule has 0 saturated heterocycles. The van der Waals surface area contributed by atoms with Gasteiger partial charge in [0.05, 0.1) is 11.0 Å². The Morgan fingerprint density at radius 3 is 2.61 bits per heavy atom. The number of benzene rings is 2. The topological polar surface area (TPSA) is 46.9 Å². The molecule has 2 atom stereocenters. The number of nitrogens with one attached hydrogen (secondary N) is 1. The molecule has 0 bridgehead atoms. The van der Waals surface area contributed by atoms with E-state index in [1.54, 1.807) is 0 Å². The molecule has 1 fully saturated rings. The van der Waals surface area contributed by atoms with Crippen LogP contribution in [0.4, 0.5) is 0 Å². The molecule has 2 aromatic carbocycles. The summed E-state index contributed by atoms with van der Waals surface area (Å²) in [5.74, 6) is 1.49. The van der Waals surface area contributed by atoms with Crippen molar-refractivity contribution in [1.82, 2.24) is 14.9 Å². The number of fused-ring (bicyclic) bond motifs is 1. The van der Waals surface area contributed by atoms with Crippen LogP contribution in [0.25, 0.3) is 16.7 Å². The van der Waals surface area contributed by atoms with Crippen LogP contribution in [0.2, 0.25) is 0 Å². The van der Waals surface area contributed by atoms with Crippen molar-refractivity contribution in [1.29, 1.82) is 0 Å². The molecule has 0 aliphatic heterocycles. The van der Waals surface area contributed by atoms with Gasteiger partial charge in [0, 0.05) is 17.3 Å². The number of aromatic nitrogens is 2. The Kier molecular flexibility index (Phi) is 5.21. The van der Waals surface area contributed by atoms with Crippen molar-refractivity contribution < 1.29 is 4.79 Å². The number of hydrogen-bond donors (Lipinski definition) is 1. The number of imidazole rings is 1. The van der Waals surface area contributed by atoms with E-state index in [0.717, 1.165) is 35.4 Å². The first kappa shape index (κ1) is 18.7. The average Bonchev–Trinajstić information content (AvgIpc) is 3.04. The average molecular weight is 376 g/mol. The van der Waals surface area contributed by atoms with Gasteiger partial charge in [0.2, 0.25) is 0 Å². The Morgan fingerprint density at radius 2 is 1.89 bits per heavy atom. The highest BCUT2D eigenvalue weighted by molar-refractivity contribution is 5.97. The molecule has 4 rings (SSSR count). The SMILES string of the molecule is CCc1ccc(-n2c(C)nc3cc(C(=O)NC4CCCCC4C)ccc32)cc1. The van der Waals surface area contributed by atoms with Gasteiger partial charge in [-0.25, -0.2) is 4.98 Å². The Labute approximate surface area is 167 Å². The molecule has 1 aromatic heterocycles. The summed E-state index contributed by atoms with van der Waals surface area (Å²) in [5.41, 5.74) is 5.01. The van der Waals surface area contributed by atoms with E-state index in [2.05, 4.69) is 48.0 Å². The van der Waals surface area contributed by atoms with Crippen molar-refractivity contribution in [2.24, 2.45) is 5.92 Å². The predicted octanol–water partition coefficient (Wildman–Crippen LogP) is 5.20. The van der Waals surface area contributed by atoms with Crippen LogP contribution < -0.4 is 5.32 Å². The third-order valence-electron chi connectivity index (χ3n) is 6.12. The van der Waals surface area contributed by atoms with E-state index in [1.807, 2.05) is 25.1 Å². The zero-order chi connectivity index (χ0) is 19.7. The van der Waals surface area contributed by atoms with Crippen LogP contribution in [0.1, 0.15) is 61.3 Å². The third-order valence-corrected chi connectivity index (χ3v) is 6.12. The van der Waals surface area contributed by atoms with Crippen molar-refractivity contribution in [3.8, 4) is 5.69 Å². The Morgan fingerprint density at radius 1 is 1.14 bits per heavy atom. The molecule has 28 heavy (non-hydrogen) atoms. The largest absolute Gasteiger partial charge is 0.349 e. The van der Waals surface area contributed by atoms with Crippen LogP contribution in [-0.2, 0) is 6.42 Å². The van der Waals surface area contributed by atoms with E-state index < -0.39 is 0 Å². The van der Waals surface area contributed by atoms with Crippen molar-refractivity contribution in [3.05, 3.63) is 59.4 Å². The Balaban J connectivity index is 1.62. The molecule has 4 nitrogen and oxygen atoms in total.